The third-order valence-corrected chi connectivity index (χ3v) is 11.7. The quantitative estimate of drug-likeness (QED) is 0.0614. The summed E-state index contributed by atoms with van der Waals surface area (Å²) < 4.78 is 13.9. The van der Waals surface area contributed by atoms with Gasteiger partial charge in [0.25, 0.3) is 0 Å². The molecule has 0 aromatic heterocycles. The van der Waals surface area contributed by atoms with E-state index in [1.165, 1.54) is 70.6 Å². The first kappa shape index (κ1) is 44.3. The maximum atomic E-state index is 13.1. The molecule has 1 fully saturated rings. The standard InChI is InChI=1S/C50H68N2O5/c1-4-5-6-7-8-9-10-11-12-13-14-15-22-30-46(54)51-44-29-23-28-43(35-44)50-56-45(36-52(3)38(2)48(55)41-26-20-17-21-27-41)47(40-24-18-16-19-25-40)49(57-50)42-33-31-39(37-53)32-34-42/h16-21,23-29,31-35,38,45,47-50,53,55H,4-15,22,30,36-37H2,1-3H3,(H,51,54). The number of carbonyl (C=O) groups excluding carboxylic acids is 1. The summed E-state index contributed by atoms with van der Waals surface area (Å²) in [5.74, 6) is -0.147. The van der Waals surface area contributed by atoms with Crippen LogP contribution < -0.4 is 5.32 Å². The first-order valence-corrected chi connectivity index (χ1v) is 21.8. The number of carbonyl (C=O) groups is 1. The summed E-state index contributed by atoms with van der Waals surface area (Å²) in [6.07, 6.45) is 15.0. The van der Waals surface area contributed by atoms with Crippen molar-refractivity contribution in [1.82, 2.24) is 4.90 Å². The Balaban J connectivity index is 1.24. The van der Waals surface area contributed by atoms with Gasteiger partial charge in [-0.25, -0.2) is 0 Å². The van der Waals surface area contributed by atoms with Crippen LogP contribution in [0, 0.1) is 0 Å². The molecule has 1 heterocycles. The van der Waals surface area contributed by atoms with Gasteiger partial charge in [0.1, 0.15) is 0 Å². The average Bonchev–Trinajstić information content (AvgIpc) is 3.25. The number of aliphatic hydroxyl groups is 2. The van der Waals surface area contributed by atoms with E-state index < -0.39 is 12.4 Å². The molecule has 7 heteroatoms. The van der Waals surface area contributed by atoms with E-state index >= 15 is 0 Å². The van der Waals surface area contributed by atoms with Crippen molar-refractivity contribution in [3.8, 4) is 0 Å². The molecular weight excluding hydrogens is 709 g/mol. The lowest BCUT2D eigenvalue weighted by molar-refractivity contribution is -0.264. The summed E-state index contributed by atoms with van der Waals surface area (Å²) in [7, 11) is 2.03. The second kappa shape index (κ2) is 24.2. The first-order valence-electron chi connectivity index (χ1n) is 21.8. The lowest BCUT2D eigenvalue weighted by Crippen LogP contribution is -2.46. The van der Waals surface area contributed by atoms with Crippen LogP contribution in [0.2, 0.25) is 0 Å². The summed E-state index contributed by atoms with van der Waals surface area (Å²) in [6.45, 7) is 4.81. The molecule has 4 aromatic carbocycles. The van der Waals surface area contributed by atoms with Crippen LogP contribution in [0.1, 0.15) is 156 Å². The van der Waals surface area contributed by atoms with Crippen LogP contribution in [-0.4, -0.2) is 46.8 Å². The number of likely N-dealkylation sites (N-methyl/N-ethyl adjacent to an activating group) is 1. The van der Waals surface area contributed by atoms with Crippen molar-refractivity contribution in [1.29, 1.82) is 0 Å². The molecular formula is C50H68N2O5. The van der Waals surface area contributed by atoms with E-state index in [0.717, 1.165) is 46.3 Å². The van der Waals surface area contributed by atoms with E-state index in [1.807, 2.05) is 111 Å². The maximum Gasteiger partial charge on any atom is 0.224 e. The highest BCUT2D eigenvalue weighted by Gasteiger charge is 2.43. The Morgan fingerprint density at radius 2 is 1.28 bits per heavy atom. The minimum absolute atomic E-state index is 0.0251. The molecule has 308 valence electrons. The zero-order valence-corrected chi connectivity index (χ0v) is 34.7. The van der Waals surface area contributed by atoms with E-state index in [4.69, 9.17) is 9.47 Å². The highest BCUT2D eigenvalue weighted by molar-refractivity contribution is 5.90. The van der Waals surface area contributed by atoms with Gasteiger partial charge in [-0.15, -0.1) is 0 Å². The second-order valence-electron chi connectivity index (χ2n) is 16.1. The lowest BCUT2D eigenvalue weighted by atomic mass is 9.83. The number of nitrogens with zero attached hydrogens (tertiary/aromatic N) is 1. The van der Waals surface area contributed by atoms with Crippen molar-refractivity contribution >= 4 is 11.6 Å². The number of unbranched alkanes of at least 4 members (excludes halogenated alkanes) is 12. The molecule has 0 bridgehead atoms. The van der Waals surface area contributed by atoms with Gasteiger partial charge in [-0.2, -0.15) is 0 Å². The Hall–Kier alpha value is -3.85. The number of benzene rings is 4. The first-order chi connectivity index (χ1) is 27.9. The molecule has 1 saturated heterocycles. The molecule has 7 nitrogen and oxygen atoms in total. The topological polar surface area (TPSA) is 91.3 Å². The summed E-state index contributed by atoms with van der Waals surface area (Å²) >= 11 is 0. The molecule has 6 atom stereocenters. The molecule has 1 aliphatic heterocycles. The van der Waals surface area contributed by atoms with Gasteiger partial charge in [0.15, 0.2) is 6.29 Å². The highest BCUT2D eigenvalue weighted by atomic mass is 16.7. The number of nitrogens with one attached hydrogen (secondary N) is 1. The Morgan fingerprint density at radius 1 is 0.702 bits per heavy atom. The number of amides is 1. The van der Waals surface area contributed by atoms with Crippen molar-refractivity contribution < 1.29 is 24.5 Å². The van der Waals surface area contributed by atoms with Crippen molar-refractivity contribution in [2.75, 3.05) is 18.9 Å². The van der Waals surface area contributed by atoms with Crippen LogP contribution in [-0.2, 0) is 20.9 Å². The summed E-state index contributed by atoms with van der Waals surface area (Å²) in [5, 5.41) is 24.3. The number of hydrogen-bond acceptors (Lipinski definition) is 6. The second-order valence-corrected chi connectivity index (χ2v) is 16.1. The van der Waals surface area contributed by atoms with E-state index in [0.29, 0.717) is 13.0 Å². The number of anilines is 1. The minimum Gasteiger partial charge on any atom is -0.392 e. The zero-order valence-electron chi connectivity index (χ0n) is 34.7. The van der Waals surface area contributed by atoms with Crippen LogP contribution >= 0.6 is 0 Å². The SMILES string of the molecule is CCCCCCCCCCCCCCCC(=O)Nc1cccc(C2OC(CN(C)C(C)C(O)c3ccccc3)C(c3ccccc3)C(c3ccc(CO)cc3)O2)c1. The molecule has 1 aliphatic rings. The number of ether oxygens (including phenoxy) is 2. The molecule has 1 amide bonds. The maximum absolute atomic E-state index is 13.1. The number of aliphatic hydroxyl groups excluding tert-OH is 2. The number of rotatable bonds is 24. The normalized spacial score (nSPS) is 19.3. The minimum atomic E-state index is -0.710. The molecule has 5 rings (SSSR count). The molecule has 57 heavy (non-hydrogen) atoms. The highest BCUT2D eigenvalue weighted by Crippen LogP contribution is 2.47. The third-order valence-electron chi connectivity index (χ3n) is 11.7. The Bertz CT molecular complexity index is 1700. The van der Waals surface area contributed by atoms with Crippen molar-refractivity contribution in [3.63, 3.8) is 0 Å². The summed E-state index contributed by atoms with van der Waals surface area (Å²) in [5.41, 5.74) is 5.33. The van der Waals surface area contributed by atoms with Gasteiger partial charge >= 0.3 is 0 Å². The third kappa shape index (κ3) is 13.9. The van der Waals surface area contributed by atoms with Crippen LogP contribution in [0.25, 0.3) is 0 Å². The molecule has 0 aliphatic carbocycles. The Labute approximate surface area is 342 Å². The van der Waals surface area contributed by atoms with Gasteiger partial charge in [-0.05, 0) is 54.8 Å². The Morgan fingerprint density at radius 3 is 1.89 bits per heavy atom. The smallest absolute Gasteiger partial charge is 0.224 e. The monoisotopic (exact) mass is 777 g/mol. The molecule has 4 aromatic rings. The predicted molar refractivity (Wildman–Crippen MR) is 232 cm³/mol. The van der Waals surface area contributed by atoms with E-state index in [1.54, 1.807) is 0 Å². The van der Waals surface area contributed by atoms with Crippen LogP contribution in [0.4, 0.5) is 5.69 Å². The fraction of sp³-hybridized carbons (Fsp3) is 0.500. The van der Waals surface area contributed by atoms with Gasteiger partial charge < -0.3 is 25.0 Å². The Kier molecular flexibility index (Phi) is 18.8. The van der Waals surface area contributed by atoms with E-state index in [9.17, 15) is 15.0 Å². The fourth-order valence-electron chi connectivity index (χ4n) is 8.08. The zero-order chi connectivity index (χ0) is 40.2. The van der Waals surface area contributed by atoms with E-state index in [-0.39, 0.29) is 36.7 Å². The van der Waals surface area contributed by atoms with Gasteiger partial charge in [0.05, 0.1) is 24.9 Å². The van der Waals surface area contributed by atoms with Gasteiger partial charge in [-0.1, -0.05) is 181 Å². The van der Waals surface area contributed by atoms with Crippen molar-refractivity contribution in [3.05, 3.63) is 137 Å². The predicted octanol–water partition coefficient (Wildman–Crippen LogP) is 11.6. The molecule has 0 radical (unpaired) electrons. The molecule has 3 N–H and O–H groups in total. The number of hydrogen-bond donors (Lipinski definition) is 3. The van der Waals surface area contributed by atoms with Gasteiger partial charge in [0, 0.05) is 36.2 Å². The molecule has 0 spiro atoms. The average molecular weight is 777 g/mol. The van der Waals surface area contributed by atoms with Crippen LogP contribution in [0.3, 0.4) is 0 Å². The van der Waals surface area contributed by atoms with Crippen molar-refractivity contribution in [2.24, 2.45) is 0 Å². The lowest BCUT2D eigenvalue weighted by Gasteiger charge is -2.45. The van der Waals surface area contributed by atoms with Crippen molar-refractivity contribution in [2.45, 2.75) is 147 Å². The van der Waals surface area contributed by atoms with Gasteiger partial charge in [-0.3, -0.25) is 9.69 Å². The molecule has 6 unspecified atom stereocenters. The fourth-order valence-corrected chi connectivity index (χ4v) is 8.08. The van der Waals surface area contributed by atoms with Crippen LogP contribution in [0.5, 0.6) is 0 Å². The van der Waals surface area contributed by atoms with Gasteiger partial charge in [0.2, 0.25) is 5.91 Å². The van der Waals surface area contributed by atoms with Crippen LogP contribution in [0.15, 0.2) is 109 Å². The molecule has 0 saturated carbocycles. The summed E-state index contributed by atoms with van der Waals surface area (Å²) in [6, 6.07) is 35.7. The largest absolute Gasteiger partial charge is 0.392 e. The summed E-state index contributed by atoms with van der Waals surface area (Å²) in [4.78, 5) is 15.2. The van der Waals surface area contributed by atoms with E-state index in [2.05, 4.69) is 29.3 Å².